The number of carbonyl (C=O) groups excluding carboxylic acids is 3. The van der Waals surface area contributed by atoms with Crippen LogP contribution in [0.3, 0.4) is 0 Å². The molecule has 0 aromatic carbocycles. The minimum Gasteiger partial charge on any atom is -0.462 e. The topological polar surface area (TPSA) is 78.9 Å². The van der Waals surface area contributed by atoms with E-state index in [1.165, 1.54) is 225 Å². The van der Waals surface area contributed by atoms with Gasteiger partial charge in [-0.3, -0.25) is 14.4 Å². The summed E-state index contributed by atoms with van der Waals surface area (Å²) in [4.78, 5) is 38.1. The van der Waals surface area contributed by atoms with Gasteiger partial charge in [0.05, 0.1) is 0 Å². The third-order valence-electron chi connectivity index (χ3n) is 13.3. The molecular formula is C58H112O6. The molecule has 0 aliphatic carbocycles. The molecule has 0 aliphatic heterocycles. The Morgan fingerprint density at radius 2 is 0.516 bits per heavy atom. The normalized spacial score (nSPS) is 12.0. The van der Waals surface area contributed by atoms with E-state index < -0.39 is 6.10 Å². The van der Waals surface area contributed by atoms with Crippen LogP contribution in [0.25, 0.3) is 0 Å². The second-order valence-corrected chi connectivity index (χ2v) is 20.4. The fourth-order valence-electron chi connectivity index (χ4n) is 8.92. The van der Waals surface area contributed by atoms with Crippen LogP contribution in [0.5, 0.6) is 0 Å². The summed E-state index contributed by atoms with van der Waals surface area (Å²) in [5, 5.41) is 0. The van der Waals surface area contributed by atoms with Gasteiger partial charge in [0.25, 0.3) is 0 Å². The van der Waals surface area contributed by atoms with E-state index in [0.717, 1.165) is 63.7 Å². The van der Waals surface area contributed by atoms with Crippen molar-refractivity contribution in [1.29, 1.82) is 0 Å². The van der Waals surface area contributed by atoms with Crippen molar-refractivity contribution in [1.82, 2.24) is 0 Å². The Hall–Kier alpha value is -1.59. The highest BCUT2D eigenvalue weighted by molar-refractivity contribution is 5.71. The molecule has 0 aromatic heterocycles. The van der Waals surface area contributed by atoms with Crippen LogP contribution in [0.1, 0.15) is 329 Å². The van der Waals surface area contributed by atoms with Crippen LogP contribution in [-0.2, 0) is 28.6 Å². The van der Waals surface area contributed by atoms with Crippen LogP contribution in [0.15, 0.2) is 0 Å². The fraction of sp³-hybridized carbons (Fsp3) is 0.948. The van der Waals surface area contributed by atoms with E-state index in [1.54, 1.807) is 0 Å². The molecule has 0 spiro atoms. The highest BCUT2D eigenvalue weighted by Gasteiger charge is 2.19. The van der Waals surface area contributed by atoms with Crippen LogP contribution >= 0.6 is 0 Å². The van der Waals surface area contributed by atoms with E-state index in [4.69, 9.17) is 14.2 Å². The third-order valence-corrected chi connectivity index (χ3v) is 13.3. The van der Waals surface area contributed by atoms with E-state index in [0.29, 0.717) is 19.3 Å². The average molecular weight is 906 g/mol. The first kappa shape index (κ1) is 62.4. The fourth-order valence-corrected chi connectivity index (χ4v) is 8.92. The Balaban J connectivity index is 4.23. The van der Waals surface area contributed by atoms with Gasteiger partial charge in [-0.2, -0.15) is 0 Å². The first-order valence-electron chi connectivity index (χ1n) is 28.9. The van der Waals surface area contributed by atoms with Crippen LogP contribution in [0.2, 0.25) is 0 Å². The molecule has 0 saturated carbocycles. The summed E-state index contributed by atoms with van der Waals surface area (Å²) < 4.78 is 16.9. The largest absolute Gasteiger partial charge is 0.462 e. The Kier molecular flexibility index (Phi) is 51.1. The quantitative estimate of drug-likeness (QED) is 0.0344. The lowest BCUT2D eigenvalue weighted by atomic mass is 10.0. The van der Waals surface area contributed by atoms with Gasteiger partial charge in [0.1, 0.15) is 13.2 Å². The molecule has 64 heavy (non-hydrogen) atoms. The number of ether oxygens (including phenoxy) is 3. The predicted octanol–water partition coefficient (Wildman–Crippen LogP) is 19.0. The molecule has 6 heteroatoms. The molecule has 0 aliphatic rings. The van der Waals surface area contributed by atoms with Crippen molar-refractivity contribution in [2.75, 3.05) is 13.2 Å². The van der Waals surface area contributed by atoms with Gasteiger partial charge >= 0.3 is 17.9 Å². The molecule has 0 aromatic rings. The van der Waals surface area contributed by atoms with Gasteiger partial charge in [0.2, 0.25) is 0 Å². The predicted molar refractivity (Wildman–Crippen MR) is 275 cm³/mol. The van der Waals surface area contributed by atoms with E-state index >= 15 is 0 Å². The molecule has 0 amide bonds. The Morgan fingerprint density at radius 1 is 0.297 bits per heavy atom. The van der Waals surface area contributed by atoms with E-state index in [2.05, 4.69) is 27.7 Å². The van der Waals surface area contributed by atoms with Crippen molar-refractivity contribution in [2.24, 2.45) is 5.92 Å². The lowest BCUT2D eigenvalue weighted by molar-refractivity contribution is -0.167. The first-order valence-corrected chi connectivity index (χ1v) is 28.9. The third kappa shape index (κ3) is 51.4. The second-order valence-electron chi connectivity index (χ2n) is 20.4. The van der Waals surface area contributed by atoms with Crippen molar-refractivity contribution < 1.29 is 28.6 Å². The Morgan fingerprint density at radius 3 is 0.766 bits per heavy atom. The lowest BCUT2D eigenvalue weighted by Gasteiger charge is -2.18. The molecule has 0 fully saturated rings. The van der Waals surface area contributed by atoms with Gasteiger partial charge in [0.15, 0.2) is 6.10 Å². The monoisotopic (exact) mass is 905 g/mol. The van der Waals surface area contributed by atoms with Crippen molar-refractivity contribution in [3.63, 3.8) is 0 Å². The van der Waals surface area contributed by atoms with Crippen molar-refractivity contribution in [3.05, 3.63) is 0 Å². The van der Waals surface area contributed by atoms with E-state index in [9.17, 15) is 14.4 Å². The van der Waals surface area contributed by atoms with E-state index in [1.807, 2.05) is 0 Å². The molecule has 0 rings (SSSR count). The minimum atomic E-state index is -0.761. The number of unbranched alkanes of at least 4 members (excludes halogenated alkanes) is 40. The molecule has 1 atom stereocenters. The highest BCUT2D eigenvalue weighted by Crippen LogP contribution is 2.18. The van der Waals surface area contributed by atoms with Gasteiger partial charge < -0.3 is 14.2 Å². The van der Waals surface area contributed by atoms with Gasteiger partial charge in [0, 0.05) is 19.3 Å². The van der Waals surface area contributed by atoms with Crippen LogP contribution < -0.4 is 0 Å². The maximum atomic E-state index is 12.8. The van der Waals surface area contributed by atoms with Crippen LogP contribution in [0, 0.1) is 5.92 Å². The maximum Gasteiger partial charge on any atom is 0.306 e. The molecule has 0 bridgehead atoms. The maximum absolute atomic E-state index is 12.8. The minimum absolute atomic E-state index is 0.0619. The average Bonchev–Trinajstić information content (AvgIpc) is 3.28. The van der Waals surface area contributed by atoms with Crippen molar-refractivity contribution >= 4 is 17.9 Å². The summed E-state index contributed by atoms with van der Waals surface area (Å²) in [6.45, 7) is 9.06. The molecule has 0 heterocycles. The van der Waals surface area contributed by atoms with Gasteiger partial charge in [-0.05, 0) is 25.2 Å². The zero-order valence-corrected chi connectivity index (χ0v) is 43.8. The molecule has 0 saturated heterocycles. The zero-order chi connectivity index (χ0) is 46.7. The summed E-state index contributed by atoms with van der Waals surface area (Å²) in [6.07, 6.45) is 56.6. The Labute approximate surface area is 399 Å². The van der Waals surface area contributed by atoms with Crippen molar-refractivity contribution in [2.45, 2.75) is 336 Å². The molecule has 0 N–H and O–H groups in total. The standard InChI is InChI=1S/C58H112O6/c1-5-7-9-11-13-15-17-18-19-23-26-30-33-37-41-45-49-56(59)62-52-55(64-58(61)51-47-43-39-35-28-16-14-12-10-8-6-2)53-63-57(60)50-46-42-38-34-31-27-24-21-20-22-25-29-32-36-40-44-48-54(3)4/h54-55H,5-53H2,1-4H3/t55-/m0/s1. The van der Waals surface area contributed by atoms with Gasteiger partial charge in [-0.1, -0.05) is 291 Å². The second kappa shape index (κ2) is 52.4. The number of carbonyl (C=O) groups is 3. The molecule has 380 valence electrons. The summed E-state index contributed by atoms with van der Waals surface area (Å²) in [5.41, 5.74) is 0. The number of hydrogen-bond donors (Lipinski definition) is 0. The zero-order valence-electron chi connectivity index (χ0n) is 43.8. The SMILES string of the molecule is CCCCCCCCCCCCCCCCCCC(=O)OC[C@@H](COC(=O)CCCCCCCCCCCCCCCCCCC(C)C)OC(=O)CCCCCCCCCCCCC. The van der Waals surface area contributed by atoms with Crippen LogP contribution in [-0.4, -0.2) is 37.2 Å². The summed E-state index contributed by atoms with van der Waals surface area (Å²) in [6, 6.07) is 0. The first-order chi connectivity index (χ1) is 31.4. The highest BCUT2D eigenvalue weighted by atomic mass is 16.6. The van der Waals surface area contributed by atoms with Gasteiger partial charge in [-0.25, -0.2) is 0 Å². The van der Waals surface area contributed by atoms with E-state index in [-0.39, 0.29) is 31.1 Å². The smallest absolute Gasteiger partial charge is 0.306 e. The molecule has 0 radical (unpaired) electrons. The van der Waals surface area contributed by atoms with Crippen LogP contribution in [0.4, 0.5) is 0 Å². The molecule has 0 unspecified atom stereocenters. The summed E-state index contributed by atoms with van der Waals surface area (Å²) in [5.74, 6) is 0.0167. The van der Waals surface area contributed by atoms with Crippen molar-refractivity contribution in [3.8, 4) is 0 Å². The number of hydrogen-bond acceptors (Lipinski definition) is 6. The summed E-state index contributed by atoms with van der Waals surface area (Å²) in [7, 11) is 0. The number of esters is 3. The lowest BCUT2D eigenvalue weighted by Crippen LogP contribution is -2.30. The molecule has 6 nitrogen and oxygen atoms in total. The molecular weight excluding hydrogens is 793 g/mol. The number of rotatable bonds is 53. The van der Waals surface area contributed by atoms with Gasteiger partial charge in [-0.15, -0.1) is 0 Å². The Bertz CT molecular complexity index is 964. The summed E-state index contributed by atoms with van der Waals surface area (Å²) >= 11 is 0.